The predicted molar refractivity (Wildman–Crippen MR) is 363 cm³/mol. The quantitative estimate of drug-likeness (QED) is 0.0844. The molecule has 0 atom stereocenters. The van der Waals surface area contributed by atoms with Gasteiger partial charge in [-0.2, -0.15) is 0 Å². The molecule has 12 aromatic rings. The maximum Gasteiger partial charge on any atom is 0 e. The van der Waals surface area contributed by atoms with Crippen molar-refractivity contribution in [2.75, 3.05) is 0 Å². The number of halogens is 24. The van der Waals surface area contributed by atoms with Crippen LogP contribution in [0, 0.1) is 13.8 Å². The fraction of sp³-hybridized carbons (Fsp3) is 0.149. The van der Waals surface area contributed by atoms with Crippen LogP contribution in [-0.4, -0.2) is 54.8 Å². The average Bonchev–Trinajstić information content (AvgIpc) is 0.863. The number of imidazole rings is 1. The second-order valence-corrected chi connectivity index (χ2v) is 31.3. The maximum atomic E-state index is 9.87. The molecule has 0 bridgehead atoms. The normalized spacial score (nSPS) is 14.4. The molecule has 11 heterocycles. The molecule has 0 fully saturated rings. The third-order valence-corrected chi connectivity index (χ3v) is 14.9. The minimum absolute atomic E-state index is 0. The van der Waals surface area contributed by atoms with Gasteiger partial charge < -0.3 is 9.97 Å². The van der Waals surface area contributed by atoms with Crippen LogP contribution in [0.3, 0.4) is 0 Å². The fourth-order valence-corrected chi connectivity index (χ4v) is 9.97. The van der Waals surface area contributed by atoms with Crippen LogP contribution in [0.2, 0.25) is 0 Å². The van der Waals surface area contributed by atoms with Crippen molar-refractivity contribution in [3.63, 3.8) is 0 Å². The topological polar surface area (TPSA) is 156 Å². The Bertz CT molecular complexity index is 4150. The summed E-state index contributed by atoms with van der Waals surface area (Å²) < 4.78 is 237. The number of nitrogens with zero attached hydrogens (tertiary/aromatic N) is 12. The summed E-state index contributed by atoms with van der Waals surface area (Å²) in [7, 11) is -42.6. The summed E-state index contributed by atoms with van der Waals surface area (Å²) in [6, 6.07) is 64.0. The first-order valence-electron chi connectivity index (χ1n) is 30.2. The molecule has 0 saturated carbocycles. The van der Waals surface area contributed by atoms with Crippen molar-refractivity contribution in [2.45, 2.75) is 63.2 Å². The van der Waals surface area contributed by atoms with Crippen LogP contribution >= 0.6 is 31.2 Å². The van der Waals surface area contributed by atoms with Gasteiger partial charge in [-0.1, -0.05) is 79.1 Å². The van der Waals surface area contributed by atoms with Crippen molar-refractivity contribution in [2.24, 2.45) is 0 Å². The number of benzene rings is 1. The SMILES string of the molecule is CC(c1ccccn1)(c1ccccn1)c1cccc(C(C)(c2ccccn2)c2ccccn2)n1.CC(c1ccccn1)(c1ccccn1)c1cccc(C(C)(c2ccccn2)c2ccccn2)n1.Cc1cc2nc[n-]c2cc1C.F[P-](F)(F)(F)(F)F.F[P-](F)(F)(F)(F)F.F[P-](F)(F)(F)(F)F.F[P-](F)(F)(F)(F)F.[V].[V]. The van der Waals surface area contributed by atoms with Crippen LogP contribution < -0.4 is 4.98 Å². The first-order chi connectivity index (χ1) is 48.3. The van der Waals surface area contributed by atoms with Crippen molar-refractivity contribution in [1.82, 2.24) is 59.8 Å². The van der Waals surface area contributed by atoms with E-state index in [2.05, 4.69) is 63.6 Å². The molecule has 109 heavy (non-hydrogen) atoms. The van der Waals surface area contributed by atoms with Gasteiger partial charge in [0.15, 0.2) is 0 Å². The van der Waals surface area contributed by atoms with Crippen molar-refractivity contribution in [3.05, 3.63) is 329 Å². The van der Waals surface area contributed by atoms with Crippen molar-refractivity contribution in [3.8, 4) is 0 Å². The van der Waals surface area contributed by atoms with Gasteiger partial charge in [0.05, 0.1) is 90.0 Å². The molecule has 0 spiro atoms. The van der Waals surface area contributed by atoms with Gasteiger partial charge in [-0.05, 0) is 185 Å². The molecular weight excluding hydrogens is 1650 g/mol. The summed E-state index contributed by atoms with van der Waals surface area (Å²) in [5.74, 6) is 0. The van der Waals surface area contributed by atoms with Crippen LogP contribution in [0.25, 0.3) is 11.0 Å². The summed E-state index contributed by atoms with van der Waals surface area (Å²) in [6.45, 7) is 12.7. The largest absolute Gasteiger partial charge is 0 e. The Morgan fingerprint density at radius 1 is 0.239 bits per heavy atom. The van der Waals surface area contributed by atoms with Gasteiger partial charge in [0.25, 0.3) is 0 Å². The smallest absolute Gasteiger partial charge is 0 e. The first kappa shape index (κ1) is 92.8. The van der Waals surface area contributed by atoms with Crippen LogP contribution in [0.15, 0.2) is 250 Å². The van der Waals surface area contributed by atoms with E-state index in [9.17, 15) is 101 Å². The predicted octanol–water partition coefficient (Wildman–Crippen LogP) is 26.1. The zero-order valence-corrected chi connectivity index (χ0v) is 63.2. The molecule has 11 aromatic heterocycles. The molecule has 0 aliphatic rings. The Balaban J connectivity index is 0.000000307. The average molecular weight is 1710 g/mol. The zero-order valence-electron chi connectivity index (χ0n) is 56.8. The van der Waals surface area contributed by atoms with E-state index in [1.807, 2.05) is 232 Å². The van der Waals surface area contributed by atoms with Crippen molar-refractivity contribution >= 4 is 42.3 Å². The number of hydrogen-bond donors (Lipinski definition) is 0. The third-order valence-electron chi connectivity index (χ3n) is 14.9. The summed E-state index contributed by atoms with van der Waals surface area (Å²) in [6.07, 6.45) is 16.1. The van der Waals surface area contributed by atoms with Gasteiger partial charge in [0.1, 0.15) is 0 Å². The number of hydrogen-bond acceptors (Lipinski definition) is 11. The van der Waals surface area contributed by atoms with Gasteiger partial charge in [-0.15, -0.1) is 0 Å². The van der Waals surface area contributed by atoms with E-state index in [0.717, 1.165) is 79.4 Å². The molecule has 42 heteroatoms. The summed E-state index contributed by atoms with van der Waals surface area (Å²) in [5, 5.41) is 0. The van der Waals surface area contributed by atoms with Crippen LogP contribution in [0.4, 0.5) is 101 Å². The molecule has 1 aromatic carbocycles. The molecule has 0 aliphatic carbocycles. The van der Waals surface area contributed by atoms with Crippen LogP contribution in [0.5, 0.6) is 0 Å². The monoisotopic (exact) mass is 1710 g/mol. The number of aryl methyl sites for hydroxylation is 2. The minimum atomic E-state index is -10.7. The van der Waals surface area contributed by atoms with Gasteiger partial charge in [0.2, 0.25) is 0 Å². The number of pyridine rings is 10. The standard InChI is InChI=1S/2C29H25N5.C9H9N2.4F6P.2V/c2*1-28(22-12-3-7-18-30-22,23-13-4-8-19-31-23)26-16-11-17-27(34-26)29(2,24-14-5-9-20-32-24)25-15-6-10-21-33-25;1-6-3-8-9(4-7(6)2)11-5-10-8;4*1-7(2,3,4,5)6;;/h2*3-21H,1-2H3;3-5H,1-2H3;;;;;;/q;;5*-1;;. The Labute approximate surface area is 629 Å². The second-order valence-electron chi connectivity index (χ2n) is 23.7. The molecule has 0 amide bonds. The van der Waals surface area contributed by atoms with Crippen LogP contribution in [-0.2, 0) is 58.8 Å². The van der Waals surface area contributed by atoms with Crippen molar-refractivity contribution in [1.29, 1.82) is 0 Å². The van der Waals surface area contributed by atoms with Gasteiger partial charge in [-0.3, -0.25) is 49.8 Å². The Kier molecular flexibility index (Phi) is 26.3. The Hall–Kier alpha value is -8.60. The summed E-state index contributed by atoms with van der Waals surface area (Å²) >= 11 is 0. The minimum Gasteiger partial charge on any atom is 0 e. The fourth-order valence-electron chi connectivity index (χ4n) is 9.97. The van der Waals surface area contributed by atoms with Crippen LogP contribution in [0.1, 0.15) is 107 Å². The summed E-state index contributed by atoms with van der Waals surface area (Å²) in [5.41, 5.74) is 12.5. The third kappa shape index (κ3) is 32.9. The van der Waals surface area contributed by atoms with Gasteiger partial charge in [-0.25, -0.2) is 0 Å². The second kappa shape index (κ2) is 30.9. The Morgan fingerprint density at radius 2 is 0.404 bits per heavy atom. The zero-order chi connectivity index (χ0) is 80.3. The maximum absolute atomic E-state index is 10.7. The van der Waals surface area contributed by atoms with E-state index in [1.54, 1.807) is 6.33 Å². The van der Waals surface area contributed by atoms with E-state index < -0.39 is 52.9 Å². The molecular formula is C67H59F24N12P4V2-5. The number of aromatic nitrogens is 12. The van der Waals surface area contributed by atoms with Crippen molar-refractivity contribution < 1.29 is 138 Å². The molecule has 12 rings (SSSR count). The number of fused-ring (bicyclic) bond motifs is 1. The first-order valence-corrected chi connectivity index (χ1v) is 38.3. The molecule has 12 nitrogen and oxygen atoms in total. The Morgan fingerprint density at radius 3 is 0.569 bits per heavy atom. The van der Waals surface area contributed by atoms with E-state index in [-0.39, 0.29) is 37.1 Å². The molecule has 0 saturated heterocycles. The molecule has 0 unspecified atom stereocenters. The molecule has 2 radical (unpaired) electrons. The van der Waals surface area contributed by atoms with Gasteiger partial charge >= 0.3 is 132 Å². The number of rotatable bonds is 12. The van der Waals surface area contributed by atoms with E-state index >= 15 is 0 Å². The van der Waals surface area contributed by atoms with E-state index in [0.29, 0.717) is 0 Å². The van der Waals surface area contributed by atoms with E-state index in [4.69, 9.17) is 49.8 Å². The summed E-state index contributed by atoms with van der Waals surface area (Å²) in [4.78, 5) is 56.4. The van der Waals surface area contributed by atoms with E-state index in [1.165, 1.54) is 11.1 Å². The molecule has 0 aliphatic heterocycles. The van der Waals surface area contributed by atoms with Gasteiger partial charge in [0, 0.05) is 86.7 Å². The molecule has 590 valence electrons. The molecule has 0 N–H and O–H groups in total.